The van der Waals surface area contributed by atoms with Gasteiger partial charge in [0, 0.05) is 45.7 Å². The standard InChI is InChI=1S/C20H31N3O5/c1-4-28-20(25)23-13-11-22(12-14-23)10-8-19(24)21-9-7-16-5-6-17(26-2)18(15-16)27-3/h5-6,15H,4,7-14H2,1-3H3,(H,21,24). The van der Waals surface area contributed by atoms with Crippen LogP contribution in [0.5, 0.6) is 11.5 Å². The number of hydrogen-bond donors (Lipinski definition) is 1. The fourth-order valence-electron chi connectivity index (χ4n) is 3.10. The monoisotopic (exact) mass is 393 g/mol. The number of nitrogens with zero attached hydrogens (tertiary/aromatic N) is 2. The molecule has 2 rings (SSSR count). The second kappa shape index (κ2) is 11.4. The lowest BCUT2D eigenvalue weighted by Crippen LogP contribution is -2.49. The lowest BCUT2D eigenvalue weighted by molar-refractivity contribution is -0.121. The maximum absolute atomic E-state index is 12.1. The molecule has 0 aromatic heterocycles. The summed E-state index contributed by atoms with van der Waals surface area (Å²) in [7, 11) is 3.21. The number of piperazine rings is 1. The molecule has 1 saturated heterocycles. The molecule has 0 aliphatic carbocycles. The van der Waals surface area contributed by atoms with E-state index in [9.17, 15) is 9.59 Å². The van der Waals surface area contributed by atoms with Crippen molar-refractivity contribution in [3.63, 3.8) is 0 Å². The summed E-state index contributed by atoms with van der Waals surface area (Å²) in [6, 6.07) is 5.76. The SMILES string of the molecule is CCOC(=O)N1CCN(CCC(=O)NCCc2ccc(OC)c(OC)c2)CC1. The molecule has 8 nitrogen and oxygen atoms in total. The number of rotatable bonds is 9. The first kappa shape index (κ1) is 21.8. The number of ether oxygens (including phenoxy) is 3. The average molecular weight is 393 g/mol. The molecule has 1 aromatic carbocycles. The molecule has 0 atom stereocenters. The van der Waals surface area contributed by atoms with Crippen molar-refractivity contribution in [3.05, 3.63) is 23.8 Å². The zero-order valence-electron chi connectivity index (χ0n) is 17.0. The van der Waals surface area contributed by atoms with E-state index in [0.717, 1.165) is 25.1 Å². The molecule has 1 N–H and O–H groups in total. The molecule has 2 amide bonds. The Balaban J connectivity index is 1.64. The van der Waals surface area contributed by atoms with Crippen molar-refractivity contribution in [3.8, 4) is 11.5 Å². The summed E-state index contributed by atoms with van der Waals surface area (Å²) in [6.45, 7) is 6.26. The second-order valence-corrected chi connectivity index (χ2v) is 6.57. The van der Waals surface area contributed by atoms with E-state index in [1.54, 1.807) is 26.0 Å². The van der Waals surface area contributed by atoms with Crippen molar-refractivity contribution in [2.24, 2.45) is 0 Å². The van der Waals surface area contributed by atoms with Crippen LogP contribution in [0.2, 0.25) is 0 Å². The van der Waals surface area contributed by atoms with Crippen LogP contribution in [-0.2, 0) is 16.0 Å². The van der Waals surface area contributed by atoms with Crippen LogP contribution in [0.25, 0.3) is 0 Å². The maximum atomic E-state index is 12.1. The van der Waals surface area contributed by atoms with E-state index in [1.807, 2.05) is 18.2 Å². The highest BCUT2D eigenvalue weighted by molar-refractivity contribution is 5.76. The van der Waals surface area contributed by atoms with Crippen LogP contribution in [0.3, 0.4) is 0 Å². The third-order valence-electron chi connectivity index (χ3n) is 4.74. The van der Waals surface area contributed by atoms with Gasteiger partial charge in [-0.15, -0.1) is 0 Å². The summed E-state index contributed by atoms with van der Waals surface area (Å²) < 4.78 is 15.5. The molecule has 0 radical (unpaired) electrons. The highest BCUT2D eigenvalue weighted by Gasteiger charge is 2.21. The van der Waals surface area contributed by atoms with E-state index in [0.29, 0.717) is 50.7 Å². The molecular weight excluding hydrogens is 362 g/mol. The van der Waals surface area contributed by atoms with Gasteiger partial charge in [-0.1, -0.05) is 6.07 Å². The van der Waals surface area contributed by atoms with Gasteiger partial charge in [0.1, 0.15) is 0 Å². The summed E-state index contributed by atoms with van der Waals surface area (Å²) in [5, 5.41) is 2.96. The highest BCUT2D eigenvalue weighted by Crippen LogP contribution is 2.27. The Labute approximate surface area is 166 Å². The van der Waals surface area contributed by atoms with Gasteiger partial charge in [0.25, 0.3) is 0 Å². The van der Waals surface area contributed by atoms with E-state index in [4.69, 9.17) is 14.2 Å². The lowest BCUT2D eigenvalue weighted by atomic mass is 10.1. The molecule has 1 aromatic rings. The largest absolute Gasteiger partial charge is 0.493 e. The van der Waals surface area contributed by atoms with E-state index < -0.39 is 0 Å². The number of hydrogen-bond acceptors (Lipinski definition) is 6. The number of nitrogens with one attached hydrogen (secondary N) is 1. The van der Waals surface area contributed by atoms with Crippen LogP contribution in [0, 0.1) is 0 Å². The number of methoxy groups -OCH3 is 2. The Hall–Kier alpha value is -2.48. The predicted octanol–water partition coefficient (Wildman–Crippen LogP) is 1.53. The van der Waals surface area contributed by atoms with Crippen molar-refractivity contribution in [1.29, 1.82) is 0 Å². The van der Waals surface area contributed by atoms with Gasteiger partial charge in [0.2, 0.25) is 5.91 Å². The van der Waals surface area contributed by atoms with Gasteiger partial charge in [-0.2, -0.15) is 0 Å². The number of amides is 2. The Morgan fingerprint density at radius 2 is 1.79 bits per heavy atom. The van der Waals surface area contributed by atoms with Crippen LogP contribution in [0.4, 0.5) is 4.79 Å². The van der Waals surface area contributed by atoms with Gasteiger partial charge in [0.05, 0.1) is 20.8 Å². The second-order valence-electron chi connectivity index (χ2n) is 6.57. The normalized spacial score (nSPS) is 14.5. The Morgan fingerprint density at radius 1 is 1.07 bits per heavy atom. The van der Waals surface area contributed by atoms with Gasteiger partial charge >= 0.3 is 6.09 Å². The maximum Gasteiger partial charge on any atom is 0.409 e. The first-order valence-corrected chi connectivity index (χ1v) is 9.69. The molecule has 1 aliphatic heterocycles. The van der Waals surface area contributed by atoms with Crippen LogP contribution < -0.4 is 14.8 Å². The molecule has 0 saturated carbocycles. The minimum atomic E-state index is -0.255. The van der Waals surface area contributed by atoms with E-state index in [-0.39, 0.29) is 12.0 Å². The zero-order valence-corrected chi connectivity index (χ0v) is 17.0. The summed E-state index contributed by atoms with van der Waals surface area (Å²) in [5.74, 6) is 1.42. The molecular formula is C20H31N3O5. The zero-order chi connectivity index (χ0) is 20.4. The van der Waals surface area contributed by atoms with Crippen LogP contribution in [-0.4, -0.2) is 81.9 Å². The molecule has 0 spiro atoms. The highest BCUT2D eigenvalue weighted by atomic mass is 16.6. The fraction of sp³-hybridized carbons (Fsp3) is 0.600. The number of benzene rings is 1. The van der Waals surface area contributed by atoms with Crippen molar-refractivity contribution in [2.45, 2.75) is 19.8 Å². The van der Waals surface area contributed by atoms with Crippen LogP contribution in [0.15, 0.2) is 18.2 Å². The summed E-state index contributed by atoms with van der Waals surface area (Å²) >= 11 is 0. The first-order valence-electron chi connectivity index (χ1n) is 9.69. The topological polar surface area (TPSA) is 80.3 Å². The molecule has 0 unspecified atom stereocenters. The molecule has 1 fully saturated rings. The van der Waals surface area contributed by atoms with Crippen molar-refractivity contribution in [1.82, 2.24) is 15.1 Å². The smallest absolute Gasteiger partial charge is 0.409 e. The van der Waals surface area contributed by atoms with Gasteiger partial charge in [0.15, 0.2) is 11.5 Å². The first-order chi connectivity index (χ1) is 13.6. The van der Waals surface area contributed by atoms with Gasteiger partial charge in [-0.05, 0) is 31.0 Å². The third-order valence-corrected chi connectivity index (χ3v) is 4.74. The van der Waals surface area contributed by atoms with Crippen LogP contribution >= 0.6 is 0 Å². The van der Waals surface area contributed by atoms with Gasteiger partial charge in [-0.3, -0.25) is 9.69 Å². The van der Waals surface area contributed by atoms with Gasteiger partial charge in [-0.25, -0.2) is 4.79 Å². The van der Waals surface area contributed by atoms with E-state index >= 15 is 0 Å². The Kier molecular flexibility index (Phi) is 8.87. The summed E-state index contributed by atoms with van der Waals surface area (Å²) in [4.78, 5) is 27.7. The van der Waals surface area contributed by atoms with Crippen molar-refractivity contribution < 1.29 is 23.8 Å². The molecule has 0 bridgehead atoms. The molecule has 1 heterocycles. The Bertz CT molecular complexity index is 645. The van der Waals surface area contributed by atoms with Crippen molar-refractivity contribution in [2.75, 3.05) is 60.1 Å². The molecule has 8 heteroatoms. The van der Waals surface area contributed by atoms with Crippen molar-refractivity contribution >= 4 is 12.0 Å². The molecule has 1 aliphatic rings. The Morgan fingerprint density at radius 3 is 2.43 bits per heavy atom. The molecule has 28 heavy (non-hydrogen) atoms. The quantitative estimate of drug-likeness (QED) is 0.685. The summed E-state index contributed by atoms with van der Waals surface area (Å²) in [5.41, 5.74) is 1.08. The van der Waals surface area contributed by atoms with Gasteiger partial charge < -0.3 is 24.4 Å². The average Bonchev–Trinajstić information content (AvgIpc) is 2.72. The third kappa shape index (κ3) is 6.60. The number of carbonyl (C=O) groups excluding carboxylic acids is 2. The fourth-order valence-corrected chi connectivity index (χ4v) is 3.10. The van der Waals surface area contributed by atoms with Crippen LogP contribution in [0.1, 0.15) is 18.9 Å². The minimum Gasteiger partial charge on any atom is -0.493 e. The number of carbonyl (C=O) groups is 2. The lowest BCUT2D eigenvalue weighted by Gasteiger charge is -2.33. The summed E-state index contributed by atoms with van der Waals surface area (Å²) in [6.07, 6.45) is 0.922. The predicted molar refractivity (Wildman–Crippen MR) is 106 cm³/mol. The van der Waals surface area contributed by atoms with E-state index in [2.05, 4.69) is 10.2 Å². The van der Waals surface area contributed by atoms with E-state index in [1.165, 1.54) is 0 Å². The minimum absolute atomic E-state index is 0.0355. The molecule has 156 valence electrons.